The van der Waals surface area contributed by atoms with E-state index in [0.29, 0.717) is 6.42 Å². The van der Waals surface area contributed by atoms with Gasteiger partial charge in [0.05, 0.1) is 14.2 Å². The third-order valence-corrected chi connectivity index (χ3v) is 2.63. The van der Waals surface area contributed by atoms with Crippen LogP contribution in [0.1, 0.15) is 36.7 Å². The number of methoxy groups -OCH3 is 2. The van der Waals surface area contributed by atoms with Gasteiger partial charge < -0.3 is 14.2 Å². The van der Waals surface area contributed by atoms with Crippen molar-refractivity contribution < 1.29 is 28.6 Å². The van der Waals surface area contributed by atoms with E-state index in [9.17, 15) is 14.4 Å². The van der Waals surface area contributed by atoms with Crippen molar-refractivity contribution in [1.29, 1.82) is 0 Å². The summed E-state index contributed by atoms with van der Waals surface area (Å²) in [5.41, 5.74) is 0.0238. The fraction of sp³-hybridized carbons (Fsp3) is 0.429. The number of nitrogens with zero attached hydrogens (tertiary/aromatic N) is 1. The average Bonchev–Trinajstić information content (AvgIpc) is 2.46. The SMILES string of the molecule is COC(=O)CCCC(=O)Oc1c(OC)ccnc1C(C)=O. The van der Waals surface area contributed by atoms with Crippen molar-refractivity contribution in [3.8, 4) is 11.5 Å². The molecule has 0 spiro atoms. The molecule has 0 atom stereocenters. The van der Waals surface area contributed by atoms with E-state index in [2.05, 4.69) is 9.72 Å². The summed E-state index contributed by atoms with van der Waals surface area (Å²) in [6.07, 6.45) is 1.83. The van der Waals surface area contributed by atoms with Crippen molar-refractivity contribution in [2.45, 2.75) is 26.2 Å². The summed E-state index contributed by atoms with van der Waals surface area (Å²) in [6, 6.07) is 1.49. The van der Waals surface area contributed by atoms with Gasteiger partial charge in [-0.1, -0.05) is 0 Å². The Labute approximate surface area is 122 Å². The molecule has 0 unspecified atom stereocenters. The number of hydrogen-bond donors (Lipinski definition) is 0. The van der Waals surface area contributed by atoms with Gasteiger partial charge in [0.15, 0.2) is 17.2 Å². The Kier molecular flexibility index (Phi) is 6.32. The van der Waals surface area contributed by atoms with Gasteiger partial charge in [-0.05, 0) is 6.42 Å². The van der Waals surface area contributed by atoms with Crippen molar-refractivity contribution in [3.05, 3.63) is 18.0 Å². The van der Waals surface area contributed by atoms with Gasteiger partial charge in [0, 0.05) is 32.0 Å². The standard InChI is InChI=1S/C14H17NO6/c1-9(16)13-14(10(19-2)7-8-15-13)21-12(18)6-4-5-11(17)20-3/h7-8H,4-6H2,1-3H3. The average molecular weight is 295 g/mol. The molecule has 0 radical (unpaired) electrons. The summed E-state index contributed by atoms with van der Waals surface area (Å²) in [7, 11) is 2.67. The van der Waals surface area contributed by atoms with Gasteiger partial charge in [-0.3, -0.25) is 14.4 Å². The third-order valence-electron chi connectivity index (χ3n) is 2.63. The van der Waals surface area contributed by atoms with Gasteiger partial charge in [0.25, 0.3) is 0 Å². The first-order valence-electron chi connectivity index (χ1n) is 6.31. The van der Waals surface area contributed by atoms with Crippen LogP contribution in [0.4, 0.5) is 0 Å². The summed E-state index contributed by atoms with van der Waals surface area (Å²) in [5, 5.41) is 0. The van der Waals surface area contributed by atoms with Crippen molar-refractivity contribution in [2.24, 2.45) is 0 Å². The molecule has 7 heteroatoms. The Hall–Kier alpha value is -2.44. The molecule has 7 nitrogen and oxygen atoms in total. The molecule has 0 aliphatic carbocycles. The predicted octanol–water partition coefficient (Wildman–Crippen LogP) is 1.54. The predicted molar refractivity (Wildman–Crippen MR) is 72.3 cm³/mol. The Morgan fingerprint density at radius 3 is 2.38 bits per heavy atom. The molecular formula is C14H17NO6. The van der Waals surface area contributed by atoms with Crippen molar-refractivity contribution >= 4 is 17.7 Å². The number of hydrogen-bond acceptors (Lipinski definition) is 7. The van der Waals surface area contributed by atoms with E-state index in [1.807, 2.05) is 0 Å². The highest BCUT2D eigenvalue weighted by molar-refractivity contribution is 5.96. The highest BCUT2D eigenvalue weighted by Crippen LogP contribution is 2.30. The lowest BCUT2D eigenvalue weighted by atomic mass is 10.2. The van der Waals surface area contributed by atoms with Gasteiger partial charge in [-0.2, -0.15) is 0 Å². The monoisotopic (exact) mass is 295 g/mol. The summed E-state index contributed by atoms with van der Waals surface area (Å²) in [5.74, 6) is -1.07. The fourth-order valence-electron chi connectivity index (χ4n) is 1.58. The molecule has 0 saturated heterocycles. The van der Waals surface area contributed by atoms with E-state index in [4.69, 9.17) is 9.47 Å². The molecule has 0 amide bonds. The minimum absolute atomic E-state index is 0.00410. The number of ether oxygens (including phenoxy) is 3. The molecule has 21 heavy (non-hydrogen) atoms. The molecule has 0 aliphatic heterocycles. The lowest BCUT2D eigenvalue weighted by Crippen LogP contribution is -2.13. The van der Waals surface area contributed by atoms with Gasteiger partial charge in [-0.25, -0.2) is 4.98 Å². The smallest absolute Gasteiger partial charge is 0.311 e. The van der Waals surface area contributed by atoms with E-state index >= 15 is 0 Å². The van der Waals surface area contributed by atoms with E-state index in [0.717, 1.165) is 0 Å². The second-order valence-electron chi connectivity index (χ2n) is 4.15. The zero-order chi connectivity index (χ0) is 15.8. The molecule has 0 bridgehead atoms. The Bertz CT molecular complexity index is 540. The number of aromatic nitrogens is 1. The fourth-order valence-corrected chi connectivity index (χ4v) is 1.58. The molecule has 0 aromatic carbocycles. The molecule has 0 saturated carbocycles. The van der Waals surface area contributed by atoms with E-state index in [1.165, 1.54) is 33.4 Å². The van der Waals surface area contributed by atoms with Gasteiger partial charge in [0.1, 0.15) is 0 Å². The molecule has 1 heterocycles. The Balaban J connectivity index is 2.75. The lowest BCUT2D eigenvalue weighted by molar-refractivity contribution is -0.141. The van der Waals surface area contributed by atoms with E-state index in [-0.39, 0.29) is 35.8 Å². The molecule has 114 valence electrons. The van der Waals surface area contributed by atoms with Gasteiger partial charge in [-0.15, -0.1) is 0 Å². The first-order chi connectivity index (χ1) is 9.99. The zero-order valence-electron chi connectivity index (χ0n) is 12.2. The van der Waals surface area contributed by atoms with Crippen LogP contribution < -0.4 is 9.47 Å². The second kappa shape index (κ2) is 7.98. The van der Waals surface area contributed by atoms with Crippen LogP contribution in [0.15, 0.2) is 12.3 Å². The van der Waals surface area contributed by atoms with Gasteiger partial charge in [0.2, 0.25) is 5.75 Å². The number of pyridine rings is 1. The number of carbonyl (C=O) groups is 3. The summed E-state index contributed by atoms with van der Waals surface area (Å²) in [4.78, 5) is 38.1. The highest BCUT2D eigenvalue weighted by Gasteiger charge is 2.19. The van der Waals surface area contributed by atoms with Crippen LogP contribution in [0.5, 0.6) is 11.5 Å². The van der Waals surface area contributed by atoms with Crippen LogP contribution >= 0.6 is 0 Å². The quantitative estimate of drug-likeness (QED) is 0.556. The summed E-state index contributed by atoms with van der Waals surface area (Å²) in [6.45, 7) is 1.32. The first kappa shape index (κ1) is 16.6. The van der Waals surface area contributed by atoms with Crippen LogP contribution in [0.25, 0.3) is 0 Å². The number of esters is 2. The first-order valence-corrected chi connectivity index (χ1v) is 6.31. The highest BCUT2D eigenvalue weighted by atomic mass is 16.6. The molecule has 1 aromatic heterocycles. The topological polar surface area (TPSA) is 91.8 Å². The minimum Gasteiger partial charge on any atom is -0.493 e. The number of Topliss-reactive ketones (excluding diaryl/α,β-unsaturated/α-hetero) is 1. The largest absolute Gasteiger partial charge is 0.493 e. The maximum Gasteiger partial charge on any atom is 0.311 e. The maximum atomic E-state index is 11.8. The zero-order valence-corrected chi connectivity index (χ0v) is 12.2. The Morgan fingerprint density at radius 1 is 1.14 bits per heavy atom. The second-order valence-corrected chi connectivity index (χ2v) is 4.15. The molecule has 1 aromatic rings. The third kappa shape index (κ3) is 4.87. The molecular weight excluding hydrogens is 278 g/mol. The normalized spacial score (nSPS) is 9.86. The Morgan fingerprint density at radius 2 is 1.81 bits per heavy atom. The maximum absolute atomic E-state index is 11.8. The number of carbonyl (C=O) groups excluding carboxylic acids is 3. The van der Waals surface area contributed by atoms with Gasteiger partial charge >= 0.3 is 11.9 Å². The van der Waals surface area contributed by atoms with Crippen LogP contribution in [-0.4, -0.2) is 36.9 Å². The van der Waals surface area contributed by atoms with E-state index in [1.54, 1.807) is 0 Å². The van der Waals surface area contributed by atoms with Crippen LogP contribution in [0.2, 0.25) is 0 Å². The lowest BCUT2D eigenvalue weighted by Gasteiger charge is -2.11. The molecule has 0 N–H and O–H groups in total. The number of rotatable bonds is 7. The number of ketones is 1. The summed E-state index contributed by atoms with van der Waals surface area (Å²) < 4.78 is 14.7. The van der Waals surface area contributed by atoms with E-state index < -0.39 is 11.9 Å². The van der Waals surface area contributed by atoms with Crippen molar-refractivity contribution in [3.63, 3.8) is 0 Å². The van der Waals surface area contributed by atoms with Crippen LogP contribution in [0, 0.1) is 0 Å². The molecule has 0 aliphatic rings. The minimum atomic E-state index is -0.576. The van der Waals surface area contributed by atoms with Crippen molar-refractivity contribution in [2.75, 3.05) is 14.2 Å². The summed E-state index contributed by atoms with van der Waals surface area (Å²) >= 11 is 0. The molecule has 0 fully saturated rings. The van der Waals surface area contributed by atoms with Crippen LogP contribution in [-0.2, 0) is 14.3 Å². The molecule has 1 rings (SSSR count). The van der Waals surface area contributed by atoms with Crippen molar-refractivity contribution in [1.82, 2.24) is 4.98 Å². The van der Waals surface area contributed by atoms with Crippen LogP contribution in [0.3, 0.4) is 0 Å².